The molecule has 1 aromatic heterocycles. The van der Waals surface area contributed by atoms with Crippen molar-refractivity contribution in [2.45, 2.75) is 58.3 Å². The van der Waals surface area contributed by atoms with E-state index in [2.05, 4.69) is 41.5 Å². The predicted octanol–water partition coefficient (Wildman–Crippen LogP) is 5.69. The summed E-state index contributed by atoms with van der Waals surface area (Å²) >= 11 is 1.35. The minimum absolute atomic E-state index is 0.131. The van der Waals surface area contributed by atoms with Gasteiger partial charge in [-0.25, -0.2) is 0 Å². The monoisotopic (exact) mass is 468 g/mol. The minimum Gasteiger partial charge on any atom is -0.492 e. The molecule has 1 atom stereocenters. The lowest BCUT2D eigenvalue weighted by atomic mass is 10.0. The quantitative estimate of drug-likeness (QED) is 0.364. The fraction of sp³-hybridized carbons (Fsp3) is 0.400. The molecule has 0 spiro atoms. The molecule has 1 unspecified atom stereocenters. The third-order valence-corrected chi connectivity index (χ3v) is 6.05. The number of thioether (sulfide) groups is 1. The molecule has 2 aromatic carbocycles. The van der Waals surface area contributed by atoms with E-state index < -0.39 is 0 Å². The summed E-state index contributed by atoms with van der Waals surface area (Å²) in [7, 11) is 0. The predicted molar refractivity (Wildman–Crippen MR) is 132 cm³/mol. The second kappa shape index (κ2) is 11.7. The molecule has 3 aromatic rings. The van der Waals surface area contributed by atoms with Crippen molar-refractivity contribution in [3.8, 4) is 11.5 Å². The number of aromatic nitrogens is 3. The SMILES string of the molecule is CCOc1ccccc1NC(=O)CSc1nnc(C(C)Oc2ccc(C(C)C)cc2)n1CC. The number of rotatable bonds is 11. The second-order valence-electron chi connectivity index (χ2n) is 7.83. The number of ether oxygens (including phenoxy) is 2. The Hall–Kier alpha value is -3.00. The van der Waals surface area contributed by atoms with Crippen LogP contribution in [0.4, 0.5) is 5.69 Å². The lowest BCUT2D eigenvalue weighted by molar-refractivity contribution is -0.113. The molecule has 0 saturated carbocycles. The largest absolute Gasteiger partial charge is 0.492 e. The van der Waals surface area contributed by atoms with E-state index in [0.717, 1.165) is 11.6 Å². The Morgan fingerprint density at radius 2 is 1.79 bits per heavy atom. The smallest absolute Gasteiger partial charge is 0.234 e. The van der Waals surface area contributed by atoms with E-state index in [4.69, 9.17) is 9.47 Å². The molecular weight excluding hydrogens is 436 g/mol. The van der Waals surface area contributed by atoms with Crippen molar-refractivity contribution in [2.75, 3.05) is 17.7 Å². The van der Waals surface area contributed by atoms with E-state index in [1.165, 1.54) is 17.3 Å². The summed E-state index contributed by atoms with van der Waals surface area (Å²) in [6.45, 7) is 11.4. The van der Waals surface area contributed by atoms with E-state index >= 15 is 0 Å². The standard InChI is InChI=1S/C25H32N4O3S/c1-6-29-24(18(5)32-20-14-12-19(13-15-20)17(3)4)27-28-25(29)33-16-23(30)26-21-10-8-9-11-22(21)31-7-2/h8-15,17-18H,6-7,16H2,1-5H3,(H,26,30). The number of hydrogen-bond donors (Lipinski definition) is 1. The van der Waals surface area contributed by atoms with Gasteiger partial charge in [0.1, 0.15) is 11.5 Å². The van der Waals surface area contributed by atoms with Gasteiger partial charge in [-0.3, -0.25) is 4.79 Å². The molecule has 0 aliphatic heterocycles. The molecule has 8 heteroatoms. The molecule has 3 rings (SSSR count). The average molecular weight is 469 g/mol. The van der Waals surface area contributed by atoms with Crippen molar-refractivity contribution in [3.05, 3.63) is 59.9 Å². The molecule has 1 amide bonds. The summed E-state index contributed by atoms with van der Waals surface area (Å²) in [6, 6.07) is 15.5. The molecular formula is C25H32N4O3S. The molecule has 0 fully saturated rings. The summed E-state index contributed by atoms with van der Waals surface area (Å²) in [5.74, 6) is 2.74. The van der Waals surface area contributed by atoms with Gasteiger partial charge >= 0.3 is 0 Å². The highest BCUT2D eigenvalue weighted by atomic mass is 32.2. The first kappa shape index (κ1) is 24.6. The van der Waals surface area contributed by atoms with Crippen LogP contribution in [0, 0.1) is 0 Å². The average Bonchev–Trinajstić information content (AvgIpc) is 3.22. The van der Waals surface area contributed by atoms with Crippen LogP contribution in [0.1, 0.15) is 58.0 Å². The van der Waals surface area contributed by atoms with Crippen molar-refractivity contribution < 1.29 is 14.3 Å². The van der Waals surface area contributed by atoms with Crippen LogP contribution in [0.3, 0.4) is 0 Å². The Labute approximate surface area is 199 Å². The van der Waals surface area contributed by atoms with Gasteiger partial charge in [0.05, 0.1) is 18.0 Å². The molecule has 1 heterocycles. The number of anilines is 1. The summed E-state index contributed by atoms with van der Waals surface area (Å²) < 4.78 is 13.7. The Morgan fingerprint density at radius 1 is 1.06 bits per heavy atom. The highest BCUT2D eigenvalue weighted by molar-refractivity contribution is 7.99. The Morgan fingerprint density at radius 3 is 2.45 bits per heavy atom. The third kappa shape index (κ3) is 6.51. The zero-order chi connectivity index (χ0) is 23.8. The molecule has 0 radical (unpaired) electrons. The number of nitrogens with one attached hydrogen (secondary N) is 1. The van der Waals surface area contributed by atoms with Crippen LogP contribution in [0.5, 0.6) is 11.5 Å². The first-order chi connectivity index (χ1) is 15.9. The van der Waals surface area contributed by atoms with E-state index in [-0.39, 0.29) is 17.8 Å². The third-order valence-electron chi connectivity index (χ3n) is 5.08. The van der Waals surface area contributed by atoms with Gasteiger partial charge in [0.15, 0.2) is 17.1 Å². The highest BCUT2D eigenvalue weighted by Gasteiger charge is 2.20. The number of para-hydroxylation sites is 2. The summed E-state index contributed by atoms with van der Waals surface area (Å²) in [6.07, 6.45) is -0.274. The topological polar surface area (TPSA) is 78.3 Å². The van der Waals surface area contributed by atoms with Gasteiger partial charge in [0.25, 0.3) is 0 Å². The van der Waals surface area contributed by atoms with Crippen molar-refractivity contribution in [1.82, 2.24) is 14.8 Å². The highest BCUT2D eigenvalue weighted by Crippen LogP contribution is 2.27. The van der Waals surface area contributed by atoms with Gasteiger partial charge in [0.2, 0.25) is 5.91 Å². The fourth-order valence-electron chi connectivity index (χ4n) is 3.36. The van der Waals surface area contributed by atoms with Gasteiger partial charge in [-0.1, -0.05) is 49.9 Å². The van der Waals surface area contributed by atoms with Gasteiger partial charge in [-0.2, -0.15) is 0 Å². The van der Waals surface area contributed by atoms with Crippen molar-refractivity contribution in [1.29, 1.82) is 0 Å². The number of nitrogens with zero attached hydrogens (tertiary/aromatic N) is 3. The molecule has 0 aliphatic carbocycles. The molecule has 33 heavy (non-hydrogen) atoms. The Kier molecular flexibility index (Phi) is 8.77. The second-order valence-corrected chi connectivity index (χ2v) is 8.78. The Bertz CT molecular complexity index is 1050. The van der Waals surface area contributed by atoms with Gasteiger partial charge in [-0.05, 0) is 56.5 Å². The van der Waals surface area contributed by atoms with E-state index in [1.54, 1.807) is 0 Å². The number of amides is 1. The van der Waals surface area contributed by atoms with E-state index in [1.807, 2.05) is 61.7 Å². The maximum Gasteiger partial charge on any atom is 0.234 e. The zero-order valence-corrected chi connectivity index (χ0v) is 20.7. The maximum absolute atomic E-state index is 12.5. The van der Waals surface area contributed by atoms with E-state index in [9.17, 15) is 4.79 Å². The van der Waals surface area contributed by atoms with Crippen LogP contribution in [0.2, 0.25) is 0 Å². The lowest BCUT2D eigenvalue weighted by Gasteiger charge is -2.16. The molecule has 0 bridgehead atoms. The molecule has 0 saturated heterocycles. The van der Waals surface area contributed by atoms with Crippen LogP contribution in [0.15, 0.2) is 53.7 Å². The molecule has 1 N–H and O–H groups in total. The lowest BCUT2D eigenvalue weighted by Crippen LogP contribution is -2.16. The first-order valence-electron chi connectivity index (χ1n) is 11.3. The number of hydrogen-bond acceptors (Lipinski definition) is 6. The number of carbonyl (C=O) groups excluding carboxylic acids is 1. The first-order valence-corrected chi connectivity index (χ1v) is 12.3. The molecule has 0 aliphatic rings. The van der Waals surface area contributed by atoms with Crippen molar-refractivity contribution in [3.63, 3.8) is 0 Å². The summed E-state index contributed by atoms with van der Waals surface area (Å²) in [4.78, 5) is 12.5. The summed E-state index contributed by atoms with van der Waals surface area (Å²) in [5.41, 5.74) is 1.93. The van der Waals surface area contributed by atoms with Gasteiger partial charge in [-0.15, -0.1) is 10.2 Å². The summed E-state index contributed by atoms with van der Waals surface area (Å²) in [5, 5.41) is 12.2. The minimum atomic E-state index is -0.274. The Balaban J connectivity index is 1.62. The van der Waals surface area contributed by atoms with Crippen molar-refractivity contribution in [2.24, 2.45) is 0 Å². The maximum atomic E-state index is 12.5. The zero-order valence-electron chi connectivity index (χ0n) is 19.9. The number of benzene rings is 2. The number of carbonyl (C=O) groups is 1. The molecule has 7 nitrogen and oxygen atoms in total. The van der Waals surface area contributed by atoms with Crippen molar-refractivity contribution >= 4 is 23.4 Å². The van der Waals surface area contributed by atoms with E-state index in [0.29, 0.717) is 35.7 Å². The van der Waals surface area contributed by atoms with Crippen LogP contribution < -0.4 is 14.8 Å². The van der Waals surface area contributed by atoms with Crippen LogP contribution >= 0.6 is 11.8 Å². The van der Waals surface area contributed by atoms with Gasteiger partial charge < -0.3 is 19.4 Å². The van der Waals surface area contributed by atoms with Gasteiger partial charge in [0, 0.05) is 6.54 Å². The van der Waals surface area contributed by atoms with Crippen LogP contribution in [-0.2, 0) is 11.3 Å². The fourth-order valence-corrected chi connectivity index (χ4v) is 4.17. The normalized spacial score (nSPS) is 11.9. The van der Waals surface area contributed by atoms with Crippen LogP contribution in [0.25, 0.3) is 0 Å². The van der Waals surface area contributed by atoms with Crippen LogP contribution in [-0.4, -0.2) is 33.0 Å². The molecule has 176 valence electrons.